The average molecular weight is 1130 g/mol. The second-order valence-electron chi connectivity index (χ2n) is 23.8. The number of carbonyl (C=O) groups is 3. The lowest BCUT2D eigenvalue weighted by Gasteiger charge is -2.18. The Morgan fingerprint density at radius 1 is 0.259 bits per heavy atom. The van der Waals surface area contributed by atoms with Gasteiger partial charge in [0, 0.05) is 19.3 Å². The Hall–Kier alpha value is -3.15. The number of allylic oxidation sites excluding steroid dienone is 12. The molecule has 0 aromatic rings. The summed E-state index contributed by atoms with van der Waals surface area (Å²) in [6, 6.07) is 0. The molecule has 0 aromatic heterocycles. The molecule has 1 unspecified atom stereocenters. The minimum atomic E-state index is -0.782. The number of hydrogen-bond donors (Lipinski definition) is 0. The van der Waals surface area contributed by atoms with Crippen molar-refractivity contribution in [3.63, 3.8) is 0 Å². The van der Waals surface area contributed by atoms with Crippen LogP contribution in [0.5, 0.6) is 0 Å². The molecule has 81 heavy (non-hydrogen) atoms. The Kier molecular flexibility index (Phi) is 66.6. The summed E-state index contributed by atoms with van der Waals surface area (Å²) in [5, 5.41) is 0. The molecule has 1 atom stereocenters. The lowest BCUT2D eigenvalue weighted by atomic mass is 10.0. The van der Waals surface area contributed by atoms with Gasteiger partial charge in [-0.2, -0.15) is 0 Å². The molecular weight excluding hydrogens is 997 g/mol. The highest BCUT2D eigenvalue weighted by atomic mass is 16.6. The molecule has 0 amide bonds. The normalized spacial score (nSPS) is 12.5. The van der Waals surface area contributed by atoms with E-state index in [0.717, 1.165) is 109 Å². The highest BCUT2D eigenvalue weighted by molar-refractivity contribution is 5.71. The van der Waals surface area contributed by atoms with Crippen LogP contribution < -0.4 is 0 Å². The summed E-state index contributed by atoms with van der Waals surface area (Å²) in [7, 11) is 0. The molecule has 0 saturated heterocycles. The Morgan fingerprint density at radius 2 is 0.481 bits per heavy atom. The van der Waals surface area contributed by atoms with Crippen molar-refractivity contribution in [3.8, 4) is 0 Å². The van der Waals surface area contributed by atoms with Crippen molar-refractivity contribution in [2.45, 2.75) is 374 Å². The first-order valence-electron chi connectivity index (χ1n) is 35.4. The van der Waals surface area contributed by atoms with Gasteiger partial charge < -0.3 is 14.2 Å². The van der Waals surface area contributed by atoms with E-state index in [-0.39, 0.29) is 31.1 Å². The number of unbranched alkanes of at least 4 members (excludes halogenated alkanes) is 42. The van der Waals surface area contributed by atoms with E-state index >= 15 is 0 Å². The van der Waals surface area contributed by atoms with E-state index in [1.54, 1.807) is 0 Å². The number of rotatable bonds is 65. The van der Waals surface area contributed by atoms with Crippen molar-refractivity contribution in [3.05, 3.63) is 72.9 Å². The zero-order valence-corrected chi connectivity index (χ0v) is 54.1. The molecule has 0 saturated carbocycles. The lowest BCUT2D eigenvalue weighted by molar-refractivity contribution is -0.167. The van der Waals surface area contributed by atoms with Crippen molar-refractivity contribution in [2.24, 2.45) is 0 Å². The van der Waals surface area contributed by atoms with Crippen LogP contribution in [0.15, 0.2) is 72.9 Å². The highest BCUT2D eigenvalue weighted by Crippen LogP contribution is 2.18. The lowest BCUT2D eigenvalue weighted by Crippen LogP contribution is -2.30. The highest BCUT2D eigenvalue weighted by Gasteiger charge is 2.19. The fourth-order valence-electron chi connectivity index (χ4n) is 10.5. The minimum Gasteiger partial charge on any atom is -0.462 e. The Morgan fingerprint density at radius 3 is 0.753 bits per heavy atom. The molecular formula is C75H134O6. The summed E-state index contributed by atoms with van der Waals surface area (Å²) in [5.41, 5.74) is 0. The predicted molar refractivity (Wildman–Crippen MR) is 353 cm³/mol. The standard InChI is InChI=1S/C75H134O6/c1-4-7-10-13-16-19-22-24-26-28-30-32-34-36-37-39-40-42-44-46-48-50-53-56-59-62-65-68-74(77)80-71-72(70-79-73(76)67-64-61-58-55-52-21-18-15-12-9-6-3)81-75(78)69-66-63-60-57-54-51-49-47-45-43-41-38-35-33-31-29-27-25-23-20-17-14-11-8-5-2/h8,11,17,20,25,27,31,33,38,41,45,47,72H,4-7,9-10,12-16,18-19,21-24,26,28-30,32,34-37,39-40,42-44,46,48-71H2,1-3H3/b11-8-,20-17-,27-25-,33-31-,41-38-,47-45-. The summed E-state index contributed by atoms with van der Waals surface area (Å²) >= 11 is 0. The first kappa shape index (κ1) is 77.9. The number of esters is 3. The van der Waals surface area contributed by atoms with Gasteiger partial charge in [-0.3, -0.25) is 14.4 Å². The first-order valence-corrected chi connectivity index (χ1v) is 35.4. The topological polar surface area (TPSA) is 78.9 Å². The fourth-order valence-corrected chi connectivity index (χ4v) is 10.5. The zero-order valence-electron chi connectivity index (χ0n) is 54.1. The third kappa shape index (κ3) is 67.5. The van der Waals surface area contributed by atoms with Crippen molar-refractivity contribution in [1.29, 1.82) is 0 Å². The smallest absolute Gasteiger partial charge is 0.306 e. The van der Waals surface area contributed by atoms with Crippen LogP contribution in [0.2, 0.25) is 0 Å². The molecule has 0 N–H and O–H groups in total. The molecule has 0 bridgehead atoms. The van der Waals surface area contributed by atoms with E-state index in [4.69, 9.17) is 14.2 Å². The summed E-state index contributed by atoms with van der Waals surface area (Å²) in [5.74, 6) is -0.871. The zero-order chi connectivity index (χ0) is 58.5. The minimum absolute atomic E-state index is 0.0768. The van der Waals surface area contributed by atoms with Crippen LogP contribution in [-0.2, 0) is 28.6 Å². The van der Waals surface area contributed by atoms with Gasteiger partial charge in [0.05, 0.1) is 0 Å². The van der Waals surface area contributed by atoms with E-state index in [2.05, 4.69) is 93.7 Å². The van der Waals surface area contributed by atoms with Gasteiger partial charge in [-0.25, -0.2) is 0 Å². The molecule has 6 nitrogen and oxygen atoms in total. The quantitative estimate of drug-likeness (QED) is 0.0261. The fraction of sp³-hybridized carbons (Fsp3) is 0.800. The average Bonchev–Trinajstić information content (AvgIpc) is 3.47. The summed E-state index contributed by atoms with van der Waals surface area (Å²) in [4.78, 5) is 38.4. The van der Waals surface area contributed by atoms with Crippen LogP contribution >= 0.6 is 0 Å². The number of carbonyl (C=O) groups excluding carboxylic acids is 3. The molecule has 0 aliphatic carbocycles. The van der Waals surface area contributed by atoms with Crippen LogP contribution in [0, 0.1) is 0 Å². The SMILES string of the molecule is CC/C=C\C/C=C\C/C=C\C/C=C\C/C=C\C/C=C\CCCCCCCCC(=O)OC(COC(=O)CCCCCCCCCCCCC)COC(=O)CCCCCCCCCCCCCCCCCCCCCCCCCCCCC. The molecule has 0 spiro atoms. The van der Waals surface area contributed by atoms with Gasteiger partial charge in [-0.1, -0.05) is 351 Å². The first-order chi connectivity index (χ1) is 40.0. The second kappa shape index (κ2) is 69.3. The molecule has 0 heterocycles. The molecule has 0 aromatic carbocycles. The summed E-state index contributed by atoms with van der Waals surface area (Å²) in [6.07, 6.45) is 90.8. The monoisotopic (exact) mass is 1130 g/mol. The Bertz CT molecular complexity index is 1490. The number of ether oxygens (including phenoxy) is 3. The maximum Gasteiger partial charge on any atom is 0.306 e. The maximum absolute atomic E-state index is 12.9. The van der Waals surface area contributed by atoms with Crippen LogP contribution in [-0.4, -0.2) is 37.2 Å². The van der Waals surface area contributed by atoms with Crippen molar-refractivity contribution in [2.75, 3.05) is 13.2 Å². The van der Waals surface area contributed by atoms with E-state index in [0.29, 0.717) is 19.3 Å². The van der Waals surface area contributed by atoms with Gasteiger partial charge in [0.2, 0.25) is 0 Å². The van der Waals surface area contributed by atoms with Crippen LogP contribution in [0.4, 0.5) is 0 Å². The molecule has 0 aliphatic heterocycles. The summed E-state index contributed by atoms with van der Waals surface area (Å²) < 4.78 is 17.0. The van der Waals surface area contributed by atoms with E-state index in [9.17, 15) is 14.4 Å². The van der Waals surface area contributed by atoms with Crippen molar-refractivity contribution in [1.82, 2.24) is 0 Å². The van der Waals surface area contributed by atoms with Gasteiger partial charge in [-0.05, 0) is 70.6 Å². The molecule has 6 heteroatoms. The van der Waals surface area contributed by atoms with E-state index in [1.807, 2.05) is 0 Å². The Balaban J connectivity index is 4.23. The van der Waals surface area contributed by atoms with Gasteiger partial charge in [0.1, 0.15) is 13.2 Å². The second-order valence-corrected chi connectivity index (χ2v) is 23.8. The van der Waals surface area contributed by atoms with E-state index in [1.165, 1.54) is 218 Å². The Labute approximate surface area is 503 Å². The van der Waals surface area contributed by atoms with Gasteiger partial charge >= 0.3 is 17.9 Å². The van der Waals surface area contributed by atoms with E-state index < -0.39 is 6.10 Å². The maximum atomic E-state index is 12.9. The van der Waals surface area contributed by atoms with Gasteiger partial charge in [-0.15, -0.1) is 0 Å². The van der Waals surface area contributed by atoms with Crippen molar-refractivity contribution >= 4 is 17.9 Å². The molecule has 0 radical (unpaired) electrons. The molecule has 0 fully saturated rings. The van der Waals surface area contributed by atoms with Gasteiger partial charge in [0.15, 0.2) is 6.10 Å². The largest absolute Gasteiger partial charge is 0.462 e. The third-order valence-corrected chi connectivity index (χ3v) is 15.7. The number of hydrogen-bond acceptors (Lipinski definition) is 6. The van der Waals surface area contributed by atoms with Crippen LogP contribution in [0.3, 0.4) is 0 Å². The van der Waals surface area contributed by atoms with Gasteiger partial charge in [0.25, 0.3) is 0 Å². The third-order valence-electron chi connectivity index (χ3n) is 15.7. The molecule has 470 valence electrons. The predicted octanol–water partition coefficient (Wildman–Crippen LogP) is 24.4. The summed E-state index contributed by atoms with van der Waals surface area (Å²) in [6.45, 7) is 6.56. The molecule has 0 rings (SSSR count). The van der Waals surface area contributed by atoms with Crippen LogP contribution in [0.25, 0.3) is 0 Å². The van der Waals surface area contributed by atoms with Crippen LogP contribution in [0.1, 0.15) is 367 Å². The molecule has 0 aliphatic rings. The van der Waals surface area contributed by atoms with Crippen molar-refractivity contribution < 1.29 is 28.6 Å².